The quantitative estimate of drug-likeness (QED) is 0.242. The molecule has 8 heteroatoms. The molecular weight excluding hydrogens is 362 g/mol. The van der Waals surface area contributed by atoms with Crippen LogP contribution in [-0.4, -0.2) is 9.30 Å². The molecule has 3 aromatic carbocycles. The number of nitro groups is 1. The fourth-order valence-electron chi connectivity index (χ4n) is 2.58. The summed E-state index contributed by atoms with van der Waals surface area (Å²) in [6, 6.07) is 23.8. The maximum Gasteiger partial charge on any atom is 0.270 e. The fraction of sp³-hybridized carbons (Fsp3) is 0. The third-order valence-corrected chi connectivity index (χ3v) is 4.64. The van der Waals surface area contributed by atoms with E-state index in [2.05, 4.69) is 14.7 Å². The summed E-state index contributed by atoms with van der Waals surface area (Å²) in [5.74, 6) is 0. The molecule has 0 saturated carbocycles. The van der Waals surface area contributed by atoms with Gasteiger partial charge in [0.2, 0.25) is 0 Å². The minimum absolute atomic E-state index is 0.00197. The first-order chi connectivity index (χ1) is 13.2. The standard InChI is InChI=1S/C19H13N5O2S/c25-24(26)16-11-12-18-17(13-16)19(27-21-18)20-22-23(14-7-3-1-4-8-14)15-9-5-2-6-10-15/h1-13H/b22-20+. The van der Waals surface area contributed by atoms with Crippen LogP contribution in [0.2, 0.25) is 0 Å². The Kier molecular flexibility index (Phi) is 4.54. The van der Waals surface area contributed by atoms with E-state index in [9.17, 15) is 10.1 Å². The largest absolute Gasteiger partial charge is 0.270 e. The zero-order valence-corrected chi connectivity index (χ0v) is 14.8. The second kappa shape index (κ2) is 7.30. The number of aromatic nitrogens is 1. The highest BCUT2D eigenvalue weighted by Gasteiger charge is 2.13. The minimum Gasteiger partial charge on any atom is -0.258 e. The summed E-state index contributed by atoms with van der Waals surface area (Å²) in [5, 5.41) is 22.6. The van der Waals surface area contributed by atoms with Crippen LogP contribution in [0.25, 0.3) is 10.9 Å². The Hall–Kier alpha value is -3.65. The first kappa shape index (κ1) is 16.8. The first-order valence-corrected chi connectivity index (χ1v) is 8.85. The molecule has 0 atom stereocenters. The number of nitrogens with zero attached hydrogens (tertiary/aromatic N) is 5. The van der Waals surface area contributed by atoms with Crippen molar-refractivity contribution in [1.29, 1.82) is 0 Å². The molecule has 27 heavy (non-hydrogen) atoms. The van der Waals surface area contributed by atoms with Gasteiger partial charge in [-0.15, -0.1) is 5.11 Å². The van der Waals surface area contributed by atoms with Crippen molar-refractivity contribution >= 4 is 44.5 Å². The van der Waals surface area contributed by atoms with Crippen molar-refractivity contribution < 1.29 is 4.92 Å². The van der Waals surface area contributed by atoms with Gasteiger partial charge in [0.15, 0.2) is 5.00 Å². The van der Waals surface area contributed by atoms with Gasteiger partial charge in [0, 0.05) is 17.5 Å². The summed E-state index contributed by atoms with van der Waals surface area (Å²) < 4.78 is 4.29. The van der Waals surface area contributed by atoms with E-state index in [1.807, 2.05) is 60.7 Å². The molecule has 0 spiro atoms. The summed E-state index contributed by atoms with van der Waals surface area (Å²) in [7, 11) is 0. The number of benzene rings is 3. The molecule has 0 aliphatic carbocycles. The van der Waals surface area contributed by atoms with Crippen molar-refractivity contribution in [3.05, 3.63) is 89.0 Å². The van der Waals surface area contributed by atoms with Gasteiger partial charge in [-0.05, 0) is 41.9 Å². The summed E-state index contributed by atoms with van der Waals surface area (Å²) in [6.07, 6.45) is 0. The molecule has 1 heterocycles. The van der Waals surface area contributed by atoms with Gasteiger partial charge in [0.1, 0.15) is 0 Å². The molecule has 0 radical (unpaired) electrons. The van der Waals surface area contributed by atoms with Crippen molar-refractivity contribution in [2.75, 3.05) is 5.01 Å². The lowest BCUT2D eigenvalue weighted by Crippen LogP contribution is -2.07. The van der Waals surface area contributed by atoms with E-state index in [0.29, 0.717) is 15.9 Å². The number of hydrogen-bond acceptors (Lipinski definition) is 6. The Morgan fingerprint density at radius 1 is 0.926 bits per heavy atom. The van der Waals surface area contributed by atoms with Gasteiger partial charge < -0.3 is 0 Å². The van der Waals surface area contributed by atoms with Crippen molar-refractivity contribution in [3.63, 3.8) is 0 Å². The molecule has 0 aliphatic rings. The van der Waals surface area contributed by atoms with Gasteiger partial charge >= 0.3 is 0 Å². The number of fused-ring (bicyclic) bond motifs is 1. The average molecular weight is 375 g/mol. The normalized spacial score (nSPS) is 11.1. The number of nitro benzene ring substituents is 1. The van der Waals surface area contributed by atoms with E-state index in [0.717, 1.165) is 22.9 Å². The number of para-hydroxylation sites is 2. The van der Waals surface area contributed by atoms with Crippen LogP contribution < -0.4 is 5.01 Å². The van der Waals surface area contributed by atoms with Gasteiger partial charge in [-0.1, -0.05) is 41.6 Å². The van der Waals surface area contributed by atoms with Crippen LogP contribution in [-0.2, 0) is 0 Å². The number of rotatable bonds is 5. The minimum atomic E-state index is -0.432. The van der Waals surface area contributed by atoms with Gasteiger partial charge in [-0.3, -0.25) is 10.1 Å². The van der Waals surface area contributed by atoms with E-state index in [1.54, 1.807) is 11.1 Å². The Bertz CT molecular complexity index is 1070. The molecule has 7 nitrogen and oxygen atoms in total. The van der Waals surface area contributed by atoms with Gasteiger partial charge in [-0.2, -0.15) is 4.37 Å². The Morgan fingerprint density at radius 2 is 1.56 bits per heavy atom. The maximum atomic E-state index is 11.0. The molecule has 0 amide bonds. The van der Waals surface area contributed by atoms with Gasteiger partial charge in [0.25, 0.3) is 5.69 Å². The second-order valence-corrected chi connectivity index (χ2v) is 6.37. The van der Waals surface area contributed by atoms with Crippen LogP contribution >= 0.6 is 11.5 Å². The van der Waals surface area contributed by atoms with E-state index in [4.69, 9.17) is 0 Å². The lowest BCUT2D eigenvalue weighted by Gasteiger charge is -2.17. The predicted octanol–water partition coefficient (Wildman–Crippen LogP) is 6.04. The molecule has 0 N–H and O–H groups in total. The molecule has 132 valence electrons. The fourth-order valence-corrected chi connectivity index (χ4v) is 3.26. The summed E-state index contributed by atoms with van der Waals surface area (Å²) in [5.41, 5.74) is 2.37. The Labute approximate surface area is 158 Å². The summed E-state index contributed by atoms with van der Waals surface area (Å²) in [6.45, 7) is 0. The first-order valence-electron chi connectivity index (χ1n) is 8.08. The molecule has 4 rings (SSSR count). The smallest absolute Gasteiger partial charge is 0.258 e. The van der Waals surface area contributed by atoms with E-state index in [1.165, 1.54) is 12.1 Å². The molecule has 0 fully saturated rings. The van der Waals surface area contributed by atoms with Crippen molar-refractivity contribution in [2.45, 2.75) is 0 Å². The lowest BCUT2D eigenvalue weighted by atomic mass is 10.2. The highest BCUT2D eigenvalue weighted by atomic mass is 32.1. The zero-order valence-electron chi connectivity index (χ0n) is 14.0. The van der Waals surface area contributed by atoms with Crippen LogP contribution in [0.15, 0.2) is 89.2 Å². The number of non-ortho nitro benzene ring substituents is 1. The monoisotopic (exact) mass is 375 g/mol. The molecule has 4 aromatic rings. The van der Waals surface area contributed by atoms with Crippen molar-refractivity contribution in [2.24, 2.45) is 10.3 Å². The average Bonchev–Trinajstić information content (AvgIpc) is 3.12. The molecule has 1 aromatic heterocycles. The van der Waals surface area contributed by atoms with E-state index >= 15 is 0 Å². The lowest BCUT2D eigenvalue weighted by molar-refractivity contribution is -0.384. The predicted molar refractivity (Wildman–Crippen MR) is 106 cm³/mol. The maximum absolute atomic E-state index is 11.0. The number of anilines is 2. The van der Waals surface area contributed by atoms with Crippen molar-refractivity contribution in [1.82, 2.24) is 4.37 Å². The van der Waals surface area contributed by atoms with Crippen LogP contribution in [0.4, 0.5) is 22.1 Å². The topological polar surface area (TPSA) is 84.0 Å². The van der Waals surface area contributed by atoms with Crippen LogP contribution in [0.5, 0.6) is 0 Å². The van der Waals surface area contributed by atoms with Crippen LogP contribution in [0.1, 0.15) is 0 Å². The van der Waals surface area contributed by atoms with Crippen molar-refractivity contribution in [3.8, 4) is 0 Å². The summed E-state index contributed by atoms with van der Waals surface area (Å²) >= 11 is 1.16. The van der Waals surface area contributed by atoms with E-state index in [-0.39, 0.29) is 5.69 Å². The Morgan fingerprint density at radius 3 is 2.15 bits per heavy atom. The van der Waals surface area contributed by atoms with E-state index < -0.39 is 4.92 Å². The third-order valence-electron chi connectivity index (χ3n) is 3.88. The molecule has 0 unspecified atom stereocenters. The molecule has 0 saturated heterocycles. The van der Waals surface area contributed by atoms with Crippen LogP contribution in [0, 0.1) is 10.1 Å². The molecular formula is C19H13N5O2S. The molecule has 0 bridgehead atoms. The van der Waals surface area contributed by atoms with Gasteiger partial charge in [0.05, 0.1) is 21.8 Å². The summed E-state index contributed by atoms with van der Waals surface area (Å²) in [4.78, 5) is 10.6. The highest BCUT2D eigenvalue weighted by molar-refractivity contribution is 7.11. The zero-order chi connectivity index (χ0) is 18.6. The SMILES string of the molecule is O=[N+]([O-])c1ccc2nsc(/N=N/N(c3ccccc3)c3ccccc3)c2c1. The number of hydrogen-bond donors (Lipinski definition) is 0. The Balaban J connectivity index is 1.75. The van der Waals surface area contributed by atoms with Crippen LogP contribution in [0.3, 0.4) is 0 Å². The second-order valence-electron chi connectivity index (χ2n) is 5.62. The third kappa shape index (κ3) is 3.51. The highest BCUT2D eigenvalue weighted by Crippen LogP contribution is 2.34. The van der Waals surface area contributed by atoms with Gasteiger partial charge in [-0.25, -0.2) is 5.01 Å². The molecule has 0 aliphatic heterocycles.